The van der Waals surface area contributed by atoms with E-state index in [4.69, 9.17) is 14.7 Å². The molecule has 0 aliphatic carbocycles. The topological polar surface area (TPSA) is 47.4 Å². The molecule has 0 amide bonds. The Morgan fingerprint density at radius 1 is 0.846 bits per heavy atom. The maximum atomic E-state index is 5.85. The number of ether oxygens (including phenoxy) is 1. The summed E-state index contributed by atoms with van der Waals surface area (Å²) in [6.45, 7) is 0.595. The minimum Gasteiger partial charge on any atom is -0.474 e. The summed E-state index contributed by atoms with van der Waals surface area (Å²) in [5.41, 5.74) is 3.84. The molecule has 1 aliphatic heterocycles. The molecule has 3 heterocycles. The first-order valence-corrected chi connectivity index (χ1v) is 8.76. The van der Waals surface area contributed by atoms with E-state index < -0.39 is 0 Å². The average molecular weight is 339 g/mol. The van der Waals surface area contributed by atoms with Gasteiger partial charge in [-0.1, -0.05) is 54.6 Å². The van der Waals surface area contributed by atoms with Crippen molar-refractivity contribution < 1.29 is 4.74 Å². The van der Waals surface area contributed by atoms with Gasteiger partial charge in [-0.25, -0.2) is 9.98 Å². The van der Waals surface area contributed by atoms with Gasteiger partial charge >= 0.3 is 0 Å². The van der Waals surface area contributed by atoms with Gasteiger partial charge in [0.25, 0.3) is 0 Å². The second-order valence-corrected chi connectivity index (χ2v) is 6.50. The number of hydrogen-bond donors (Lipinski definition) is 0. The lowest BCUT2D eigenvalue weighted by Gasteiger charge is -2.05. The Hall–Kier alpha value is -3.27. The van der Waals surface area contributed by atoms with Crippen LogP contribution >= 0.6 is 0 Å². The lowest BCUT2D eigenvalue weighted by Crippen LogP contribution is -2.09. The zero-order chi connectivity index (χ0) is 17.3. The van der Waals surface area contributed by atoms with Crippen molar-refractivity contribution >= 4 is 27.7 Å². The molecule has 0 radical (unpaired) electrons. The third-order valence-corrected chi connectivity index (χ3v) is 4.68. The fourth-order valence-electron chi connectivity index (χ4n) is 3.39. The minimum atomic E-state index is 0.135. The Kier molecular flexibility index (Phi) is 3.60. The lowest BCUT2D eigenvalue weighted by molar-refractivity contribution is 0.316. The van der Waals surface area contributed by atoms with Gasteiger partial charge in [-0.05, 0) is 24.1 Å². The Labute approximate surface area is 151 Å². The highest BCUT2D eigenvalue weighted by Crippen LogP contribution is 2.23. The molecule has 1 aliphatic rings. The first-order valence-electron chi connectivity index (χ1n) is 8.76. The standard InChI is InChI=1S/C22H17N3O/c1-2-5-15(6-3-1)13-18-14-26-22(24-18)19-11-10-17-9-8-16-7-4-12-23-20(16)21(17)25-19/h1-12,18H,13-14H2/t18-/m0/s1. The lowest BCUT2D eigenvalue weighted by atomic mass is 10.1. The van der Waals surface area contributed by atoms with Crippen molar-refractivity contribution in [3.05, 3.63) is 84.2 Å². The van der Waals surface area contributed by atoms with Crippen LogP contribution in [0.15, 0.2) is 77.9 Å². The highest BCUT2D eigenvalue weighted by Gasteiger charge is 2.21. The van der Waals surface area contributed by atoms with Gasteiger partial charge in [0.05, 0.1) is 17.1 Å². The number of aromatic nitrogens is 2. The summed E-state index contributed by atoms with van der Waals surface area (Å²) in [5.74, 6) is 0.626. The molecule has 0 unspecified atom stereocenters. The van der Waals surface area contributed by atoms with Crippen molar-refractivity contribution in [2.75, 3.05) is 6.61 Å². The molecule has 0 spiro atoms. The summed E-state index contributed by atoms with van der Waals surface area (Å²) in [6, 6.07) is 22.7. The van der Waals surface area contributed by atoms with E-state index in [-0.39, 0.29) is 6.04 Å². The zero-order valence-electron chi connectivity index (χ0n) is 14.2. The molecule has 0 saturated carbocycles. The number of rotatable bonds is 3. The molecule has 4 nitrogen and oxygen atoms in total. The maximum absolute atomic E-state index is 5.85. The Balaban J connectivity index is 1.51. The Morgan fingerprint density at radius 3 is 2.54 bits per heavy atom. The number of hydrogen-bond acceptors (Lipinski definition) is 4. The normalized spacial score (nSPS) is 16.6. The smallest absolute Gasteiger partial charge is 0.235 e. The van der Waals surface area contributed by atoms with Crippen LogP contribution in [0.5, 0.6) is 0 Å². The maximum Gasteiger partial charge on any atom is 0.235 e. The highest BCUT2D eigenvalue weighted by atomic mass is 16.5. The zero-order valence-corrected chi connectivity index (χ0v) is 14.2. The molecule has 4 aromatic rings. The van der Waals surface area contributed by atoms with Crippen LogP contribution in [0.25, 0.3) is 21.8 Å². The fraction of sp³-hybridized carbons (Fsp3) is 0.136. The van der Waals surface area contributed by atoms with E-state index in [1.54, 1.807) is 6.20 Å². The molecule has 0 N–H and O–H groups in total. The van der Waals surface area contributed by atoms with E-state index in [0.717, 1.165) is 33.9 Å². The summed E-state index contributed by atoms with van der Waals surface area (Å²) in [5, 5.41) is 2.15. The highest BCUT2D eigenvalue weighted by molar-refractivity contribution is 6.04. The molecule has 2 aromatic carbocycles. The Bertz CT molecular complexity index is 1120. The van der Waals surface area contributed by atoms with Crippen molar-refractivity contribution in [3.8, 4) is 0 Å². The van der Waals surface area contributed by atoms with E-state index >= 15 is 0 Å². The molecule has 0 bridgehead atoms. The number of benzene rings is 2. The average Bonchev–Trinajstić information content (AvgIpc) is 3.17. The predicted octanol–water partition coefficient (Wildman–Crippen LogP) is 4.17. The van der Waals surface area contributed by atoms with E-state index in [9.17, 15) is 0 Å². The third kappa shape index (κ3) is 2.69. The van der Waals surface area contributed by atoms with E-state index in [2.05, 4.69) is 53.5 Å². The molecule has 0 fully saturated rings. The first-order chi connectivity index (χ1) is 12.9. The number of aliphatic imine (C=N–C) groups is 1. The van der Waals surface area contributed by atoms with Crippen LogP contribution in [-0.2, 0) is 11.2 Å². The van der Waals surface area contributed by atoms with Crippen LogP contribution < -0.4 is 0 Å². The monoisotopic (exact) mass is 339 g/mol. The van der Waals surface area contributed by atoms with Crippen molar-refractivity contribution in [2.24, 2.45) is 4.99 Å². The van der Waals surface area contributed by atoms with Crippen LogP contribution in [0, 0.1) is 0 Å². The van der Waals surface area contributed by atoms with E-state index in [1.807, 2.05) is 18.2 Å². The largest absolute Gasteiger partial charge is 0.474 e. The molecule has 26 heavy (non-hydrogen) atoms. The van der Waals surface area contributed by atoms with Crippen molar-refractivity contribution in [3.63, 3.8) is 0 Å². The van der Waals surface area contributed by atoms with Gasteiger partial charge in [-0.2, -0.15) is 0 Å². The van der Waals surface area contributed by atoms with Crippen LogP contribution in [0.3, 0.4) is 0 Å². The van der Waals surface area contributed by atoms with Crippen LogP contribution in [-0.4, -0.2) is 28.5 Å². The Morgan fingerprint density at radius 2 is 1.65 bits per heavy atom. The quantitative estimate of drug-likeness (QED) is 0.526. The fourth-order valence-corrected chi connectivity index (χ4v) is 3.39. The van der Waals surface area contributed by atoms with Gasteiger partial charge in [0, 0.05) is 17.0 Å². The number of nitrogens with zero attached hydrogens (tertiary/aromatic N) is 3. The van der Waals surface area contributed by atoms with Gasteiger partial charge in [0.1, 0.15) is 12.3 Å². The van der Waals surface area contributed by atoms with Crippen LogP contribution in [0.1, 0.15) is 11.3 Å². The second-order valence-electron chi connectivity index (χ2n) is 6.50. The summed E-state index contributed by atoms with van der Waals surface area (Å²) in [4.78, 5) is 14.1. The van der Waals surface area contributed by atoms with Gasteiger partial charge in [0.15, 0.2) is 0 Å². The molecule has 1 atom stereocenters. The van der Waals surface area contributed by atoms with Crippen molar-refractivity contribution in [1.82, 2.24) is 9.97 Å². The molecular formula is C22H17N3O. The van der Waals surface area contributed by atoms with Gasteiger partial charge in [-0.15, -0.1) is 0 Å². The molecular weight excluding hydrogens is 322 g/mol. The van der Waals surface area contributed by atoms with Gasteiger partial charge in [0.2, 0.25) is 5.90 Å². The van der Waals surface area contributed by atoms with Gasteiger partial charge < -0.3 is 4.74 Å². The molecule has 126 valence electrons. The molecule has 4 heteroatoms. The summed E-state index contributed by atoms with van der Waals surface area (Å²) in [7, 11) is 0. The molecule has 5 rings (SSSR count). The number of pyridine rings is 2. The summed E-state index contributed by atoms with van der Waals surface area (Å²) >= 11 is 0. The second kappa shape index (κ2) is 6.23. The number of fused-ring (bicyclic) bond motifs is 3. The predicted molar refractivity (Wildman–Crippen MR) is 103 cm³/mol. The first kappa shape index (κ1) is 15.0. The third-order valence-electron chi connectivity index (χ3n) is 4.68. The van der Waals surface area contributed by atoms with Crippen LogP contribution in [0.4, 0.5) is 0 Å². The summed E-state index contributed by atoms with van der Waals surface area (Å²) in [6.07, 6.45) is 2.68. The van der Waals surface area contributed by atoms with E-state index in [1.165, 1.54) is 5.56 Å². The van der Waals surface area contributed by atoms with E-state index in [0.29, 0.717) is 12.5 Å². The van der Waals surface area contributed by atoms with Crippen LogP contribution in [0.2, 0.25) is 0 Å². The summed E-state index contributed by atoms with van der Waals surface area (Å²) < 4.78 is 5.85. The molecule has 2 aromatic heterocycles. The van der Waals surface area contributed by atoms with Gasteiger partial charge in [-0.3, -0.25) is 4.98 Å². The van der Waals surface area contributed by atoms with Crippen molar-refractivity contribution in [2.45, 2.75) is 12.5 Å². The molecule has 0 saturated heterocycles. The SMILES string of the molecule is c1ccc(C[C@H]2COC(c3ccc4ccc5cccnc5c4n3)=N2)cc1. The minimum absolute atomic E-state index is 0.135. The van der Waals surface area contributed by atoms with Crippen molar-refractivity contribution in [1.29, 1.82) is 0 Å².